The van der Waals surface area contributed by atoms with Crippen LogP contribution in [-0.2, 0) is 20.9 Å². The first-order valence-electron chi connectivity index (χ1n) is 8.62. The molecule has 0 bridgehead atoms. The smallest absolute Gasteiger partial charge is 0.338 e. The van der Waals surface area contributed by atoms with E-state index in [1.807, 2.05) is 37.3 Å². The summed E-state index contributed by atoms with van der Waals surface area (Å²) in [6.45, 7) is 2.40. The van der Waals surface area contributed by atoms with Gasteiger partial charge in [0.2, 0.25) is 0 Å². The lowest BCUT2D eigenvalue weighted by atomic mass is 10.1. The van der Waals surface area contributed by atoms with Gasteiger partial charge in [-0.2, -0.15) is 0 Å². The zero-order valence-electron chi connectivity index (χ0n) is 14.9. The second-order valence-electron chi connectivity index (χ2n) is 6.02. The van der Waals surface area contributed by atoms with Crippen molar-refractivity contribution in [2.24, 2.45) is 0 Å². The van der Waals surface area contributed by atoms with Crippen LogP contribution in [0.15, 0.2) is 48.5 Å². The highest BCUT2D eigenvalue weighted by Gasteiger charge is 2.20. The van der Waals surface area contributed by atoms with Gasteiger partial charge < -0.3 is 19.7 Å². The summed E-state index contributed by atoms with van der Waals surface area (Å²) in [6, 6.07) is 14.2. The highest BCUT2D eigenvalue weighted by atomic mass is 16.5. The number of esters is 1. The van der Waals surface area contributed by atoms with Crippen LogP contribution in [0.1, 0.15) is 22.8 Å². The molecule has 2 amide bonds. The third kappa shape index (κ3) is 4.63. The van der Waals surface area contributed by atoms with Crippen molar-refractivity contribution in [1.29, 1.82) is 0 Å². The molecule has 7 nitrogen and oxygen atoms in total. The summed E-state index contributed by atoms with van der Waals surface area (Å²) < 4.78 is 10.4. The normalized spacial score (nSPS) is 12.4. The van der Waals surface area contributed by atoms with E-state index in [2.05, 4.69) is 5.32 Å². The topological polar surface area (TPSA) is 84.9 Å². The van der Waals surface area contributed by atoms with Crippen LogP contribution >= 0.6 is 0 Å². The third-order valence-electron chi connectivity index (χ3n) is 4.13. The molecule has 140 valence electrons. The SMILES string of the molecule is CCN(Cc1ccccc1)C(=O)COC(=O)c1ccc2c(c1)OCC(=O)N2. The number of carbonyl (C=O) groups is 3. The van der Waals surface area contributed by atoms with E-state index < -0.39 is 5.97 Å². The van der Waals surface area contributed by atoms with Gasteiger partial charge in [-0.1, -0.05) is 30.3 Å². The van der Waals surface area contributed by atoms with Crippen LogP contribution in [0, 0.1) is 0 Å². The first-order chi connectivity index (χ1) is 13.1. The number of hydrogen-bond acceptors (Lipinski definition) is 5. The van der Waals surface area contributed by atoms with Gasteiger partial charge >= 0.3 is 5.97 Å². The van der Waals surface area contributed by atoms with E-state index in [0.29, 0.717) is 24.5 Å². The fourth-order valence-electron chi connectivity index (χ4n) is 2.68. The molecule has 7 heteroatoms. The van der Waals surface area contributed by atoms with E-state index in [4.69, 9.17) is 9.47 Å². The number of rotatable bonds is 6. The van der Waals surface area contributed by atoms with Crippen LogP contribution in [0.2, 0.25) is 0 Å². The molecule has 0 aromatic heterocycles. The molecule has 0 spiro atoms. The van der Waals surface area contributed by atoms with Crippen molar-refractivity contribution in [1.82, 2.24) is 4.90 Å². The van der Waals surface area contributed by atoms with Gasteiger partial charge in [0.15, 0.2) is 13.2 Å². The number of amides is 2. The molecule has 27 heavy (non-hydrogen) atoms. The lowest BCUT2D eigenvalue weighted by Gasteiger charge is -2.21. The number of anilines is 1. The van der Waals surface area contributed by atoms with Crippen LogP contribution in [-0.4, -0.2) is 42.4 Å². The largest absolute Gasteiger partial charge is 0.482 e. The van der Waals surface area contributed by atoms with Gasteiger partial charge in [0.25, 0.3) is 11.8 Å². The Bertz CT molecular complexity index is 851. The predicted molar refractivity (Wildman–Crippen MR) is 98.4 cm³/mol. The molecule has 1 heterocycles. The highest BCUT2D eigenvalue weighted by Crippen LogP contribution is 2.28. The quantitative estimate of drug-likeness (QED) is 0.791. The van der Waals surface area contributed by atoms with Crippen molar-refractivity contribution in [2.75, 3.05) is 25.1 Å². The van der Waals surface area contributed by atoms with E-state index in [1.165, 1.54) is 12.1 Å². The molecule has 0 atom stereocenters. The summed E-state index contributed by atoms with van der Waals surface area (Å²) in [7, 11) is 0. The fraction of sp³-hybridized carbons (Fsp3) is 0.250. The zero-order valence-corrected chi connectivity index (χ0v) is 14.9. The number of nitrogens with zero attached hydrogens (tertiary/aromatic N) is 1. The summed E-state index contributed by atoms with van der Waals surface area (Å²) in [4.78, 5) is 37.5. The molecular formula is C20H20N2O5. The van der Waals surface area contributed by atoms with E-state index >= 15 is 0 Å². The standard InChI is InChI=1S/C20H20N2O5/c1-2-22(11-14-6-4-3-5-7-14)19(24)13-27-20(25)15-8-9-16-17(10-15)26-12-18(23)21-16/h3-10H,2,11-13H2,1H3,(H,21,23). The Morgan fingerprint density at radius 1 is 1.19 bits per heavy atom. The Hall–Kier alpha value is -3.35. The Labute approximate surface area is 156 Å². The third-order valence-corrected chi connectivity index (χ3v) is 4.13. The summed E-state index contributed by atoms with van der Waals surface area (Å²) >= 11 is 0. The van der Waals surface area contributed by atoms with Crippen molar-refractivity contribution in [2.45, 2.75) is 13.5 Å². The Morgan fingerprint density at radius 2 is 1.96 bits per heavy atom. The van der Waals surface area contributed by atoms with Crippen molar-refractivity contribution >= 4 is 23.5 Å². The molecule has 2 aromatic rings. The van der Waals surface area contributed by atoms with Crippen molar-refractivity contribution in [3.05, 3.63) is 59.7 Å². The predicted octanol–water partition coefficient (Wildman–Crippen LogP) is 2.22. The summed E-state index contributed by atoms with van der Waals surface area (Å²) in [5.41, 5.74) is 1.76. The van der Waals surface area contributed by atoms with Crippen molar-refractivity contribution < 1.29 is 23.9 Å². The monoisotopic (exact) mass is 368 g/mol. The van der Waals surface area contributed by atoms with Crippen LogP contribution in [0.4, 0.5) is 5.69 Å². The number of ether oxygens (including phenoxy) is 2. The van der Waals surface area contributed by atoms with Gasteiger partial charge in [-0.3, -0.25) is 9.59 Å². The second-order valence-corrected chi connectivity index (χ2v) is 6.02. The van der Waals surface area contributed by atoms with Gasteiger partial charge in [0.05, 0.1) is 11.3 Å². The number of carbonyl (C=O) groups excluding carboxylic acids is 3. The molecule has 0 unspecified atom stereocenters. The lowest BCUT2D eigenvalue weighted by Crippen LogP contribution is -2.34. The lowest BCUT2D eigenvalue weighted by molar-refractivity contribution is -0.135. The van der Waals surface area contributed by atoms with Crippen LogP contribution in [0.25, 0.3) is 0 Å². The maximum absolute atomic E-state index is 12.4. The van der Waals surface area contributed by atoms with Gasteiger partial charge in [-0.25, -0.2) is 4.79 Å². The molecule has 0 fully saturated rings. The molecule has 0 saturated carbocycles. The van der Waals surface area contributed by atoms with Crippen LogP contribution < -0.4 is 10.1 Å². The maximum Gasteiger partial charge on any atom is 0.338 e. The summed E-state index contributed by atoms with van der Waals surface area (Å²) in [5.74, 6) is -0.741. The fourth-order valence-corrected chi connectivity index (χ4v) is 2.68. The highest BCUT2D eigenvalue weighted by molar-refractivity contribution is 5.97. The molecule has 1 N–H and O–H groups in total. The molecule has 2 aromatic carbocycles. The summed E-state index contributed by atoms with van der Waals surface area (Å²) in [5, 5.41) is 2.65. The average molecular weight is 368 g/mol. The molecular weight excluding hydrogens is 348 g/mol. The van der Waals surface area contributed by atoms with Gasteiger partial charge in [0.1, 0.15) is 5.75 Å². The molecule has 0 aliphatic carbocycles. The molecule has 1 aliphatic heterocycles. The van der Waals surface area contributed by atoms with E-state index in [-0.39, 0.29) is 30.6 Å². The number of nitrogens with one attached hydrogen (secondary N) is 1. The van der Waals surface area contributed by atoms with Gasteiger partial charge in [0, 0.05) is 13.1 Å². The number of fused-ring (bicyclic) bond motifs is 1. The molecule has 0 radical (unpaired) electrons. The number of hydrogen-bond donors (Lipinski definition) is 1. The van der Waals surface area contributed by atoms with Gasteiger partial charge in [-0.15, -0.1) is 0 Å². The zero-order chi connectivity index (χ0) is 19.2. The maximum atomic E-state index is 12.4. The van der Waals surface area contributed by atoms with Crippen LogP contribution in [0.5, 0.6) is 5.75 Å². The first kappa shape index (κ1) is 18.4. The Balaban J connectivity index is 1.58. The average Bonchev–Trinajstić information content (AvgIpc) is 2.70. The second kappa shape index (κ2) is 8.35. The summed E-state index contributed by atoms with van der Waals surface area (Å²) in [6.07, 6.45) is 0. The van der Waals surface area contributed by atoms with Gasteiger partial charge in [-0.05, 0) is 30.7 Å². The Morgan fingerprint density at radius 3 is 2.70 bits per heavy atom. The molecule has 0 saturated heterocycles. The van der Waals surface area contributed by atoms with E-state index in [1.54, 1.807) is 11.0 Å². The minimum Gasteiger partial charge on any atom is -0.482 e. The van der Waals surface area contributed by atoms with Crippen LogP contribution in [0.3, 0.4) is 0 Å². The molecule has 3 rings (SSSR count). The molecule has 1 aliphatic rings. The minimum atomic E-state index is -0.623. The Kier molecular flexibility index (Phi) is 5.71. The van der Waals surface area contributed by atoms with E-state index in [0.717, 1.165) is 5.56 Å². The van der Waals surface area contributed by atoms with Crippen molar-refractivity contribution in [3.63, 3.8) is 0 Å². The van der Waals surface area contributed by atoms with E-state index in [9.17, 15) is 14.4 Å². The first-order valence-corrected chi connectivity index (χ1v) is 8.62. The van der Waals surface area contributed by atoms with Crippen molar-refractivity contribution in [3.8, 4) is 5.75 Å². The number of benzene rings is 2. The minimum absolute atomic E-state index is 0.102. The number of likely N-dealkylation sites (N-methyl/N-ethyl adjacent to an activating group) is 1.